The number of halogens is 1. The third kappa shape index (κ3) is 4.35. The van der Waals surface area contributed by atoms with Crippen LogP contribution in [0.3, 0.4) is 0 Å². The predicted molar refractivity (Wildman–Crippen MR) is 93.8 cm³/mol. The molecule has 0 unspecified atom stereocenters. The lowest BCUT2D eigenvalue weighted by Crippen LogP contribution is -2.24. The van der Waals surface area contributed by atoms with E-state index in [0.29, 0.717) is 24.9 Å². The van der Waals surface area contributed by atoms with Crippen LogP contribution in [-0.2, 0) is 6.42 Å². The summed E-state index contributed by atoms with van der Waals surface area (Å²) in [5.41, 5.74) is 2.34. The molecule has 0 radical (unpaired) electrons. The van der Waals surface area contributed by atoms with Crippen molar-refractivity contribution in [3.05, 3.63) is 65.5 Å². The molecule has 0 saturated heterocycles. The largest absolute Gasteiger partial charge is 0.493 e. The summed E-state index contributed by atoms with van der Waals surface area (Å²) in [6.45, 7) is 0.864. The van der Waals surface area contributed by atoms with Gasteiger partial charge in [0.05, 0.1) is 6.61 Å². The molecule has 0 aromatic heterocycles. The van der Waals surface area contributed by atoms with Crippen LogP contribution in [0.15, 0.2) is 48.5 Å². The Morgan fingerprint density at radius 3 is 2.38 bits per heavy atom. The summed E-state index contributed by atoms with van der Waals surface area (Å²) in [6.07, 6.45) is 5.45. The van der Waals surface area contributed by atoms with Crippen LogP contribution in [0.2, 0.25) is 0 Å². The molecule has 1 N–H and O–H groups in total. The molecule has 2 atom stereocenters. The quantitative estimate of drug-likeness (QED) is 0.832. The van der Waals surface area contributed by atoms with Gasteiger partial charge < -0.3 is 9.84 Å². The minimum atomic E-state index is -0.176. The maximum atomic E-state index is 13.2. The number of hydrogen-bond acceptors (Lipinski definition) is 2. The Morgan fingerprint density at radius 2 is 1.67 bits per heavy atom. The molecule has 0 spiro atoms. The monoisotopic (exact) mass is 328 g/mol. The summed E-state index contributed by atoms with van der Waals surface area (Å²) in [4.78, 5) is 0. The first-order valence-electron chi connectivity index (χ1n) is 8.84. The molecule has 0 amide bonds. The first-order valence-corrected chi connectivity index (χ1v) is 8.84. The third-order valence-electron chi connectivity index (χ3n) is 5.00. The second-order valence-corrected chi connectivity index (χ2v) is 6.63. The fraction of sp³-hybridized carbons (Fsp3) is 0.429. The average molecular weight is 328 g/mol. The molecule has 0 aliphatic heterocycles. The Balaban J connectivity index is 1.62. The van der Waals surface area contributed by atoms with E-state index in [0.717, 1.165) is 24.2 Å². The van der Waals surface area contributed by atoms with Gasteiger partial charge >= 0.3 is 0 Å². The van der Waals surface area contributed by atoms with Crippen molar-refractivity contribution in [1.29, 1.82) is 0 Å². The molecule has 1 fully saturated rings. The smallest absolute Gasteiger partial charge is 0.123 e. The van der Waals surface area contributed by atoms with E-state index in [1.54, 1.807) is 12.1 Å². The number of benzene rings is 2. The van der Waals surface area contributed by atoms with Crippen molar-refractivity contribution in [2.45, 2.75) is 38.0 Å². The van der Waals surface area contributed by atoms with Gasteiger partial charge in [0.1, 0.15) is 11.6 Å². The van der Waals surface area contributed by atoms with E-state index >= 15 is 0 Å². The standard InChI is InChI=1S/C21H25FO2/c22-19-9-7-17(8-10-19)21-4-2-1-3-18(21)15-24-20-11-5-16(6-12-20)13-14-23/h5-12,18,21,23H,1-4,13-15H2/t18-,21-/m0/s1. The second-order valence-electron chi connectivity index (χ2n) is 6.63. The van der Waals surface area contributed by atoms with Gasteiger partial charge in [-0.1, -0.05) is 37.1 Å². The van der Waals surface area contributed by atoms with Crippen LogP contribution in [0.1, 0.15) is 42.7 Å². The van der Waals surface area contributed by atoms with E-state index in [1.807, 2.05) is 36.4 Å². The van der Waals surface area contributed by atoms with Crippen LogP contribution in [0.25, 0.3) is 0 Å². The van der Waals surface area contributed by atoms with E-state index in [9.17, 15) is 4.39 Å². The summed E-state index contributed by atoms with van der Waals surface area (Å²) >= 11 is 0. The third-order valence-corrected chi connectivity index (χ3v) is 5.00. The van der Waals surface area contributed by atoms with Gasteiger partial charge in [-0.2, -0.15) is 0 Å². The maximum absolute atomic E-state index is 13.2. The molecule has 3 rings (SSSR count). The number of ether oxygens (including phenoxy) is 1. The first-order chi connectivity index (χ1) is 11.8. The van der Waals surface area contributed by atoms with E-state index in [2.05, 4.69) is 0 Å². The van der Waals surface area contributed by atoms with Gasteiger partial charge in [0, 0.05) is 6.61 Å². The summed E-state index contributed by atoms with van der Waals surface area (Å²) in [5.74, 6) is 1.62. The van der Waals surface area contributed by atoms with Crippen LogP contribution in [0, 0.1) is 11.7 Å². The van der Waals surface area contributed by atoms with Crippen molar-refractivity contribution >= 4 is 0 Å². The fourth-order valence-electron chi connectivity index (χ4n) is 3.64. The van der Waals surface area contributed by atoms with Crippen molar-refractivity contribution in [3.63, 3.8) is 0 Å². The van der Waals surface area contributed by atoms with Crippen LogP contribution >= 0.6 is 0 Å². The fourth-order valence-corrected chi connectivity index (χ4v) is 3.64. The van der Waals surface area contributed by atoms with Crippen LogP contribution in [0.5, 0.6) is 5.75 Å². The molecule has 2 aromatic carbocycles. The number of aliphatic hydroxyl groups excluding tert-OH is 1. The van der Waals surface area contributed by atoms with E-state index in [1.165, 1.54) is 18.4 Å². The van der Waals surface area contributed by atoms with Gasteiger partial charge in [0.2, 0.25) is 0 Å². The average Bonchev–Trinajstić information content (AvgIpc) is 2.62. The molecule has 1 aliphatic rings. The number of rotatable bonds is 6. The zero-order chi connectivity index (χ0) is 16.8. The lowest BCUT2D eigenvalue weighted by molar-refractivity contribution is 0.186. The topological polar surface area (TPSA) is 29.5 Å². The molecule has 128 valence electrons. The molecule has 2 aromatic rings. The van der Waals surface area contributed by atoms with Crippen molar-refractivity contribution in [2.75, 3.05) is 13.2 Å². The van der Waals surface area contributed by atoms with Crippen molar-refractivity contribution in [3.8, 4) is 5.75 Å². The minimum Gasteiger partial charge on any atom is -0.493 e. The summed E-state index contributed by atoms with van der Waals surface area (Å²) in [5, 5.41) is 8.96. The van der Waals surface area contributed by atoms with Crippen LogP contribution in [-0.4, -0.2) is 18.3 Å². The van der Waals surface area contributed by atoms with Crippen LogP contribution in [0.4, 0.5) is 4.39 Å². The van der Waals surface area contributed by atoms with Gasteiger partial charge in [-0.15, -0.1) is 0 Å². The molecule has 2 nitrogen and oxygen atoms in total. The van der Waals surface area contributed by atoms with E-state index < -0.39 is 0 Å². The van der Waals surface area contributed by atoms with E-state index in [-0.39, 0.29) is 12.4 Å². The minimum absolute atomic E-state index is 0.168. The lowest BCUT2D eigenvalue weighted by atomic mass is 9.76. The van der Waals surface area contributed by atoms with Gasteiger partial charge in [0.25, 0.3) is 0 Å². The molecule has 1 saturated carbocycles. The highest BCUT2D eigenvalue weighted by molar-refractivity contribution is 5.27. The zero-order valence-electron chi connectivity index (χ0n) is 14.0. The maximum Gasteiger partial charge on any atom is 0.123 e. The normalized spacial score (nSPS) is 20.8. The predicted octanol–water partition coefficient (Wildman–Crippen LogP) is 4.71. The molecule has 0 bridgehead atoms. The van der Waals surface area contributed by atoms with E-state index in [4.69, 9.17) is 9.84 Å². The Hall–Kier alpha value is -1.87. The highest BCUT2D eigenvalue weighted by Crippen LogP contribution is 2.38. The summed E-state index contributed by atoms with van der Waals surface area (Å²) < 4.78 is 19.2. The van der Waals surface area contributed by atoms with Gasteiger partial charge in [-0.25, -0.2) is 4.39 Å². The Labute approximate surface area is 143 Å². The number of aliphatic hydroxyl groups is 1. The molecular weight excluding hydrogens is 303 g/mol. The summed E-state index contributed by atoms with van der Waals surface area (Å²) in [7, 11) is 0. The van der Waals surface area contributed by atoms with Crippen LogP contribution < -0.4 is 4.74 Å². The highest BCUT2D eigenvalue weighted by atomic mass is 19.1. The summed E-state index contributed by atoms with van der Waals surface area (Å²) in [6, 6.07) is 14.9. The molecule has 0 heterocycles. The Morgan fingerprint density at radius 1 is 0.958 bits per heavy atom. The van der Waals surface area contributed by atoms with Crippen molar-refractivity contribution in [1.82, 2.24) is 0 Å². The SMILES string of the molecule is OCCc1ccc(OC[C@@H]2CCCC[C@H]2c2ccc(F)cc2)cc1. The molecule has 24 heavy (non-hydrogen) atoms. The second kappa shape index (κ2) is 8.29. The highest BCUT2D eigenvalue weighted by Gasteiger charge is 2.27. The zero-order valence-corrected chi connectivity index (χ0v) is 14.0. The first kappa shape index (κ1) is 17.0. The lowest BCUT2D eigenvalue weighted by Gasteiger charge is -2.32. The van der Waals surface area contributed by atoms with Gasteiger partial charge in [-0.3, -0.25) is 0 Å². The number of hydrogen-bond donors (Lipinski definition) is 1. The van der Waals surface area contributed by atoms with Gasteiger partial charge in [-0.05, 0) is 66.5 Å². The molecule has 3 heteroatoms. The Bertz CT molecular complexity index is 621. The van der Waals surface area contributed by atoms with Crippen molar-refractivity contribution in [2.24, 2.45) is 5.92 Å². The Kier molecular flexibility index (Phi) is 5.86. The molecule has 1 aliphatic carbocycles. The molecular formula is C21H25FO2. The van der Waals surface area contributed by atoms with Gasteiger partial charge in [0.15, 0.2) is 0 Å². The van der Waals surface area contributed by atoms with Crippen molar-refractivity contribution < 1.29 is 14.2 Å².